The molecule has 4 nitrogen and oxygen atoms in total. The molecule has 1 aliphatic rings. The Morgan fingerprint density at radius 3 is 2.77 bits per heavy atom. The summed E-state index contributed by atoms with van der Waals surface area (Å²) < 4.78 is 11.4. The zero-order chi connectivity index (χ0) is 18.5. The second kappa shape index (κ2) is 8.82. The molecule has 1 atom stereocenters. The summed E-state index contributed by atoms with van der Waals surface area (Å²) in [6.07, 6.45) is 2.02. The van der Waals surface area contributed by atoms with E-state index in [1.807, 2.05) is 49.5 Å². The molecule has 1 aliphatic heterocycles. The molecule has 138 valence electrons. The first-order valence-electron chi connectivity index (χ1n) is 8.55. The standard InChI is InChI=1S/C20H22BrNO3S/c1-22-16-7-3-4-8-18(16)26-19(20(22)23)15-13-14(24-2)9-10-17(15)25-12-6-5-11-21/h3-4,7-10,13,19H,5-6,11-12H2,1-2H3. The lowest BCUT2D eigenvalue weighted by Crippen LogP contribution is -2.33. The van der Waals surface area contributed by atoms with Crippen molar-refractivity contribution >= 4 is 39.3 Å². The first kappa shape index (κ1) is 19.1. The van der Waals surface area contributed by atoms with Gasteiger partial charge in [0.15, 0.2) is 0 Å². The number of carbonyl (C=O) groups is 1. The average Bonchev–Trinajstić information content (AvgIpc) is 2.68. The molecule has 3 rings (SSSR count). The van der Waals surface area contributed by atoms with Crippen molar-refractivity contribution in [1.82, 2.24) is 0 Å². The Balaban J connectivity index is 1.92. The minimum absolute atomic E-state index is 0.0484. The second-order valence-electron chi connectivity index (χ2n) is 6.01. The molecule has 0 fully saturated rings. The molecule has 2 aromatic rings. The third-order valence-corrected chi connectivity index (χ3v) is 6.16. The van der Waals surface area contributed by atoms with Gasteiger partial charge in [-0.1, -0.05) is 28.1 Å². The fraction of sp³-hybridized carbons (Fsp3) is 0.350. The molecule has 0 radical (unpaired) electrons. The zero-order valence-corrected chi connectivity index (χ0v) is 17.3. The van der Waals surface area contributed by atoms with E-state index in [9.17, 15) is 4.79 Å². The number of para-hydroxylation sites is 1. The van der Waals surface area contributed by atoms with Crippen LogP contribution in [-0.2, 0) is 4.79 Å². The van der Waals surface area contributed by atoms with Crippen molar-refractivity contribution in [3.63, 3.8) is 0 Å². The number of likely N-dealkylation sites (N-methyl/N-ethyl adjacent to an activating group) is 1. The summed E-state index contributed by atoms with van der Waals surface area (Å²) in [7, 11) is 3.46. The van der Waals surface area contributed by atoms with Crippen LogP contribution in [0.3, 0.4) is 0 Å². The quantitative estimate of drug-likeness (QED) is 0.449. The maximum Gasteiger partial charge on any atom is 0.244 e. The van der Waals surface area contributed by atoms with Crippen LogP contribution in [0.5, 0.6) is 11.5 Å². The van der Waals surface area contributed by atoms with Crippen LogP contribution in [0, 0.1) is 0 Å². The predicted molar refractivity (Wildman–Crippen MR) is 110 cm³/mol. The molecule has 0 aromatic heterocycles. The summed E-state index contributed by atoms with van der Waals surface area (Å²) >= 11 is 5.00. The van der Waals surface area contributed by atoms with Crippen molar-refractivity contribution in [2.45, 2.75) is 23.0 Å². The van der Waals surface area contributed by atoms with E-state index in [4.69, 9.17) is 9.47 Å². The average molecular weight is 436 g/mol. The Hall–Kier alpha value is -1.66. The Kier molecular flexibility index (Phi) is 6.48. The molecule has 0 aliphatic carbocycles. The van der Waals surface area contributed by atoms with Crippen LogP contribution in [0.4, 0.5) is 5.69 Å². The number of methoxy groups -OCH3 is 1. The van der Waals surface area contributed by atoms with Gasteiger partial charge < -0.3 is 14.4 Å². The number of fused-ring (bicyclic) bond motifs is 1. The van der Waals surface area contributed by atoms with E-state index >= 15 is 0 Å². The minimum Gasteiger partial charge on any atom is -0.497 e. The number of carbonyl (C=O) groups excluding carboxylic acids is 1. The van der Waals surface area contributed by atoms with Gasteiger partial charge in [-0.05, 0) is 43.2 Å². The van der Waals surface area contributed by atoms with Gasteiger partial charge in [-0.25, -0.2) is 0 Å². The number of amides is 1. The second-order valence-corrected chi connectivity index (χ2v) is 7.95. The number of hydrogen-bond donors (Lipinski definition) is 0. The molecule has 0 spiro atoms. The van der Waals surface area contributed by atoms with Crippen LogP contribution in [0.25, 0.3) is 0 Å². The highest BCUT2D eigenvalue weighted by atomic mass is 79.9. The van der Waals surface area contributed by atoms with Crippen LogP contribution in [0.2, 0.25) is 0 Å². The summed E-state index contributed by atoms with van der Waals surface area (Å²) in [6, 6.07) is 13.7. The topological polar surface area (TPSA) is 38.8 Å². The normalized spacial score (nSPS) is 16.3. The number of rotatable bonds is 7. The summed E-state index contributed by atoms with van der Waals surface area (Å²) in [4.78, 5) is 15.8. The molecule has 0 saturated heterocycles. The first-order chi connectivity index (χ1) is 12.7. The Labute approximate surface area is 167 Å². The van der Waals surface area contributed by atoms with Crippen molar-refractivity contribution in [1.29, 1.82) is 0 Å². The van der Waals surface area contributed by atoms with Gasteiger partial charge in [0.05, 0.1) is 19.4 Å². The molecule has 1 heterocycles. The largest absolute Gasteiger partial charge is 0.497 e. The van der Waals surface area contributed by atoms with Gasteiger partial charge in [0.1, 0.15) is 16.7 Å². The van der Waals surface area contributed by atoms with E-state index in [0.29, 0.717) is 6.61 Å². The smallest absolute Gasteiger partial charge is 0.244 e. The molecular formula is C20H22BrNO3S. The van der Waals surface area contributed by atoms with Crippen LogP contribution < -0.4 is 14.4 Å². The molecule has 2 aromatic carbocycles. The van der Waals surface area contributed by atoms with Gasteiger partial charge in [-0.3, -0.25) is 4.79 Å². The van der Waals surface area contributed by atoms with Gasteiger partial charge in [0.25, 0.3) is 0 Å². The fourth-order valence-corrected chi connectivity index (χ4v) is 4.57. The highest BCUT2D eigenvalue weighted by Crippen LogP contribution is 2.48. The van der Waals surface area contributed by atoms with Gasteiger partial charge in [-0.2, -0.15) is 0 Å². The van der Waals surface area contributed by atoms with E-state index < -0.39 is 0 Å². The molecule has 6 heteroatoms. The van der Waals surface area contributed by atoms with Crippen molar-refractivity contribution in [2.24, 2.45) is 0 Å². The number of ether oxygens (including phenoxy) is 2. The van der Waals surface area contributed by atoms with E-state index in [1.54, 1.807) is 23.8 Å². The lowest BCUT2D eigenvalue weighted by atomic mass is 10.1. The molecular weight excluding hydrogens is 414 g/mol. The SMILES string of the molecule is COc1ccc(OCCCCBr)c(C2Sc3ccccc3N(C)C2=O)c1. The summed E-state index contributed by atoms with van der Waals surface area (Å²) in [5, 5.41) is 0.612. The van der Waals surface area contributed by atoms with Gasteiger partial charge >= 0.3 is 0 Å². The molecule has 0 saturated carbocycles. The monoisotopic (exact) mass is 435 g/mol. The van der Waals surface area contributed by atoms with Crippen LogP contribution in [0.1, 0.15) is 23.7 Å². The maximum atomic E-state index is 13.0. The molecule has 0 bridgehead atoms. The van der Waals surface area contributed by atoms with Crippen molar-refractivity contribution < 1.29 is 14.3 Å². The molecule has 0 N–H and O–H groups in total. The van der Waals surface area contributed by atoms with E-state index in [0.717, 1.165) is 45.8 Å². The van der Waals surface area contributed by atoms with E-state index in [2.05, 4.69) is 15.9 Å². The van der Waals surface area contributed by atoms with Gasteiger partial charge in [0, 0.05) is 22.8 Å². The van der Waals surface area contributed by atoms with Crippen LogP contribution in [-0.4, -0.2) is 32.0 Å². The van der Waals surface area contributed by atoms with Crippen LogP contribution in [0.15, 0.2) is 47.4 Å². The fourth-order valence-electron chi connectivity index (χ4n) is 2.87. The highest BCUT2D eigenvalue weighted by molar-refractivity contribution is 9.09. The van der Waals surface area contributed by atoms with Crippen molar-refractivity contribution in [3.05, 3.63) is 48.0 Å². The lowest BCUT2D eigenvalue weighted by molar-refractivity contribution is -0.118. The number of thioether (sulfide) groups is 1. The molecule has 1 unspecified atom stereocenters. The summed E-state index contributed by atoms with van der Waals surface area (Å²) in [6.45, 7) is 0.628. The Bertz CT molecular complexity index is 783. The zero-order valence-electron chi connectivity index (χ0n) is 14.9. The third-order valence-electron chi connectivity index (χ3n) is 4.31. The number of hydrogen-bond acceptors (Lipinski definition) is 4. The lowest BCUT2D eigenvalue weighted by Gasteiger charge is -2.32. The number of halogens is 1. The number of unbranched alkanes of at least 4 members (excludes halogenated alkanes) is 1. The Morgan fingerprint density at radius 2 is 2.00 bits per heavy atom. The molecule has 26 heavy (non-hydrogen) atoms. The van der Waals surface area contributed by atoms with Crippen molar-refractivity contribution in [2.75, 3.05) is 31.0 Å². The van der Waals surface area contributed by atoms with E-state index in [1.165, 1.54) is 0 Å². The molecule has 1 amide bonds. The van der Waals surface area contributed by atoms with Crippen molar-refractivity contribution in [3.8, 4) is 11.5 Å². The maximum absolute atomic E-state index is 13.0. The number of nitrogens with zero attached hydrogens (tertiary/aromatic N) is 1. The summed E-state index contributed by atoms with van der Waals surface area (Å²) in [5.41, 5.74) is 1.81. The number of alkyl halides is 1. The van der Waals surface area contributed by atoms with Gasteiger partial charge in [0.2, 0.25) is 5.91 Å². The van der Waals surface area contributed by atoms with Crippen LogP contribution >= 0.6 is 27.7 Å². The summed E-state index contributed by atoms with van der Waals surface area (Å²) in [5.74, 6) is 1.52. The number of benzene rings is 2. The van der Waals surface area contributed by atoms with E-state index in [-0.39, 0.29) is 11.2 Å². The minimum atomic E-state index is -0.351. The highest BCUT2D eigenvalue weighted by Gasteiger charge is 2.34. The Morgan fingerprint density at radius 1 is 1.19 bits per heavy atom. The third kappa shape index (κ3) is 4.01. The number of anilines is 1. The van der Waals surface area contributed by atoms with Gasteiger partial charge in [-0.15, -0.1) is 11.8 Å². The first-order valence-corrected chi connectivity index (χ1v) is 10.6. The predicted octanol–water partition coefficient (Wildman–Crippen LogP) is 5.06.